The van der Waals surface area contributed by atoms with Crippen LogP contribution in [0.1, 0.15) is 62.3 Å². The maximum atomic E-state index is 4.76. The average Bonchev–Trinajstić information content (AvgIpc) is 2.92. The minimum atomic E-state index is 0.236. The molecular weight excluding hydrogens is 464 g/mol. The molecule has 0 atom stereocenters. The Morgan fingerprint density at radius 1 is 0.526 bits per heavy atom. The van der Waals surface area contributed by atoms with Gasteiger partial charge >= 0.3 is 0 Å². The van der Waals surface area contributed by atoms with Crippen molar-refractivity contribution in [1.29, 1.82) is 0 Å². The number of rotatable bonds is 6. The van der Waals surface area contributed by atoms with Crippen LogP contribution < -0.4 is 0 Å². The Labute approximate surface area is 225 Å². The van der Waals surface area contributed by atoms with E-state index in [-0.39, 0.29) is 11.8 Å². The number of pyridine rings is 1. The van der Waals surface area contributed by atoms with E-state index in [1.807, 2.05) is 12.3 Å². The molecule has 0 fully saturated rings. The molecule has 0 aliphatic rings. The minimum absolute atomic E-state index is 0.236. The lowest BCUT2D eigenvalue weighted by atomic mass is 9.92. The van der Waals surface area contributed by atoms with E-state index in [2.05, 4.69) is 119 Å². The van der Waals surface area contributed by atoms with Gasteiger partial charge < -0.3 is 0 Å². The van der Waals surface area contributed by atoms with E-state index in [1.54, 1.807) is 0 Å². The first-order valence-electron chi connectivity index (χ1n) is 13.3. The monoisotopic (exact) mass is 498 g/mol. The zero-order chi connectivity index (χ0) is 26.8. The SMILES string of the molecule is Cc1cc(C)cc(-c2ccccc2-c2ccc(-c3ccc(-c4nc(C(C)C)nc(C(C)C)n4)cn3)cc2)c1. The topological polar surface area (TPSA) is 51.6 Å². The lowest BCUT2D eigenvalue weighted by molar-refractivity contribution is 0.697. The van der Waals surface area contributed by atoms with E-state index < -0.39 is 0 Å². The molecule has 4 nitrogen and oxygen atoms in total. The number of hydrogen-bond donors (Lipinski definition) is 0. The van der Waals surface area contributed by atoms with Gasteiger partial charge in [-0.3, -0.25) is 4.98 Å². The van der Waals surface area contributed by atoms with Crippen molar-refractivity contribution >= 4 is 0 Å². The van der Waals surface area contributed by atoms with Crippen LogP contribution >= 0.6 is 0 Å². The van der Waals surface area contributed by atoms with Crippen LogP contribution in [-0.4, -0.2) is 19.9 Å². The van der Waals surface area contributed by atoms with Gasteiger partial charge in [-0.2, -0.15) is 0 Å². The predicted molar refractivity (Wildman–Crippen MR) is 157 cm³/mol. The standard InChI is InChI=1S/C34H34N4/c1-21(2)32-36-33(22(3)4)38-34(37-32)27-15-16-31(35-20-27)26-13-11-25(12-14-26)29-9-7-8-10-30(29)28-18-23(5)17-24(6)19-28/h7-22H,1-6H3. The number of aromatic nitrogens is 4. The molecule has 190 valence electrons. The van der Waals surface area contributed by atoms with Gasteiger partial charge in [-0.1, -0.05) is 106 Å². The highest BCUT2D eigenvalue weighted by atomic mass is 15.0. The summed E-state index contributed by atoms with van der Waals surface area (Å²) >= 11 is 0. The molecule has 0 unspecified atom stereocenters. The molecule has 0 aliphatic carbocycles. The summed E-state index contributed by atoms with van der Waals surface area (Å²) in [6.45, 7) is 12.7. The molecule has 5 aromatic rings. The van der Waals surface area contributed by atoms with Gasteiger partial charge in [0.1, 0.15) is 11.6 Å². The summed E-state index contributed by atoms with van der Waals surface area (Å²) in [5, 5.41) is 0. The molecular formula is C34H34N4. The van der Waals surface area contributed by atoms with Crippen LogP contribution in [0.25, 0.3) is 44.9 Å². The van der Waals surface area contributed by atoms with Crippen molar-refractivity contribution in [2.75, 3.05) is 0 Å². The molecule has 0 radical (unpaired) electrons. The smallest absolute Gasteiger partial charge is 0.164 e. The van der Waals surface area contributed by atoms with Crippen molar-refractivity contribution in [3.63, 3.8) is 0 Å². The number of aryl methyl sites for hydroxylation is 2. The third-order valence-electron chi connectivity index (χ3n) is 6.68. The summed E-state index contributed by atoms with van der Waals surface area (Å²) in [4.78, 5) is 18.8. The van der Waals surface area contributed by atoms with Crippen LogP contribution in [0.4, 0.5) is 0 Å². The van der Waals surface area contributed by atoms with Crippen molar-refractivity contribution in [1.82, 2.24) is 19.9 Å². The van der Waals surface area contributed by atoms with Gasteiger partial charge in [0.15, 0.2) is 5.82 Å². The second-order valence-corrected chi connectivity index (χ2v) is 10.6. The Hall–Kier alpha value is -4.18. The van der Waals surface area contributed by atoms with Gasteiger partial charge in [-0.15, -0.1) is 0 Å². The summed E-state index contributed by atoms with van der Waals surface area (Å²) < 4.78 is 0. The van der Waals surface area contributed by atoms with Crippen LogP contribution in [0.15, 0.2) is 85.1 Å². The summed E-state index contributed by atoms with van der Waals surface area (Å²) in [6.07, 6.45) is 1.86. The third-order valence-corrected chi connectivity index (χ3v) is 6.68. The van der Waals surface area contributed by atoms with Gasteiger partial charge in [0.25, 0.3) is 0 Å². The highest BCUT2D eigenvalue weighted by Gasteiger charge is 2.14. The summed E-state index contributed by atoms with van der Waals surface area (Å²) in [5.74, 6) is 2.80. The van der Waals surface area contributed by atoms with E-state index in [4.69, 9.17) is 15.0 Å². The zero-order valence-electron chi connectivity index (χ0n) is 23.0. The lowest BCUT2D eigenvalue weighted by Crippen LogP contribution is -2.08. The Balaban J connectivity index is 1.44. The van der Waals surface area contributed by atoms with Crippen LogP contribution in [0.2, 0.25) is 0 Å². The van der Waals surface area contributed by atoms with Crippen LogP contribution in [0.3, 0.4) is 0 Å². The molecule has 5 rings (SSSR count). The van der Waals surface area contributed by atoms with E-state index in [0.29, 0.717) is 5.82 Å². The average molecular weight is 499 g/mol. The number of benzene rings is 3. The summed E-state index contributed by atoms with van der Waals surface area (Å²) in [5.41, 5.74) is 10.4. The molecule has 0 aliphatic heterocycles. The zero-order valence-corrected chi connectivity index (χ0v) is 23.0. The molecule has 0 spiro atoms. The fourth-order valence-electron chi connectivity index (χ4n) is 4.69. The van der Waals surface area contributed by atoms with Gasteiger partial charge in [-0.25, -0.2) is 15.0 Å². The molecule has 38 heavy (non-hydrogen) atoms. The van der Waals surface area contributed by atoms with Crippen LogP contribution in [0, 0.1) is 13.8 Å². The second-order valence-electron chi connectivity index (χ2n) is 10.6. The maximum Gasteiger partial charge on any atom is 0.164 e. The Morgan fingerprint density at radius 3 is 1.58 bits per heavy atom. The van der Waals surface area contributed by atoms with Gasteiger partial charge in [-0.05, 0) is 48.2 Å². The molecule has 0 saturated carbocycles. The van der Waals surface area contributed by atoms with Crippen molar-refractivity contribution in [3.05, 3.63) is 108 Å². The first-order valence-corrected chi connectivity index (χ1v) is 13.3. The largest absolute Gasteiger partial charge is 0.255 e. The molecule has 0 saturated heterocycles. The van der Waals surface area contributed by atoms with Crippen LogP contribution in [0.5, 0.6) is 0 Å². The normalized spacial score (nSPS) is 11.4. The maximum absolute atomic E-state index is 4.76. The van der Waals surface area contributed by atoms with E-state index >= 15 is 0 Å². The fraction of sp³-hybridized carbons (Fsp3) is 0.235. The number of hydrogen-bond acceptors (Lipinski definition) is 4. The molecule has 0 N–H and O–H groups in total. The molecule has 2 aromatic heterocycles. The van der Waals surface area contributed by atoms with Crippen molar-refractivity contribution in [2.24, 2.45) is 0 Å². The quantitative estimate of drug-likeness (QED) is 0.235. The Kier molecular flexibility index (Phi) is 7.15. The molecule has 4 heteroatoms. The van der Waals surface area contributed by atoms with Crippen molar-refractivity contribution < 1.29 is 0 Å². The van der Waals surface area contributed by atoms with E-state index in [9.17, 15) is 0 Å². The first-order chi connectivity index (χ1) is 18.3. The fourth-order valence-corrected chi connectivity index (χ4v) is 4.69. The predicted octanol–water partition coefficient (Wildman–Crippen LogP) is 8.80. The summed E-state index contributed by atoms with van der Waals surface area (Å²) in [6, 6.07) is 28.1. The van der Waals surface area contributed by atoms with Crippen LogP contribution in [-0.2, 0) is 0 Å². The molecule has 0 amide bonds. The van der Waals surface area contributed by atoms with E-state index in [0.717, 1.165) is 28.5 Å². The van der Waals surface area contributed by atoms with Gasteiger partial charge in [0, 0.05) is 29.2 Å². The third kappa shape index (κ3) is 5.40. The number of nitrogens with zero attached hydrogens (tertiary/aromatic N) is 4. The Morgan fingerprint density at radius 2 is 1.05 bits per heavy atom. The second kappa shape index (κ2) is 10.7. The Bertz CT molecular complexity index is 1520. The first kappa shape index (κ1) is 25.5. The molecule has 0 bridgehead atoms. The highest BCUT2D eigenvalue weighted by molar-refractivity contribution is 5.84. The minimum Gasteiger partial charge on any atom is -0.255 e. The van der Waals surface area contributed by atoms with Crippen molar-refractivity contribution in [2.45, 2.75) is 53.4 Å². The lowest BCUT2D eigenvalue weighted by Gasteiger charge is -2.13. The van der Waals surface area contributed by atoms with Crippen molar-refractivity contribution in [3.8, 4) is 44.9 Å². The van der Waals surface area contributed by atoms with Gasteiger partial charge in [0.05, 0.1) is 5.69 Å². The molecule has 3 aromatic carbocycles. The van der Waals surface area contributed by atoms with E-state index in [1.165, 1.54) is 33.4 Å². The molecule has 2 heterocycles. The summed E-state index contributed by atoms with van der Waals surface area (Å²) in [7, 11) is 0. The highest BCUT2D eigenvalue weighted by Crippen LogP contribution is 2.34. The van der Waals surface area contributed by atoms with Gasteiger partial charge in [0.2, 0.25) is 0 Å².